The van der Waals surface area contributed by atoms with Crippen LogP contribution >= 0.6 is 0 Å². The van der Waals surface area contributed by atoms with Gasteiger partial charge in [0.2, 0.25) is 5.78 Å². The highest BCUT2D eigenvalue weighted by molar-refractivity contribution is 6.24. The molecule has 39 heavy (non-hydrogen) atoms. The van der Waals surface area contributed by atoms with Crippen molar-refractivity contribution in [2.75, 3.05) is 25.6 Å². The molecule has 0 unspecified atom stereocenters. The van der Waals surface area contributed by atoms with E-state index >= 15 is 0 Å². The Labute approximate surface area is 224 Å². The summed E-state index contributed by atoms with van der Waals surface area (Å²) in [4.78, 5) is 52.5. The molecule has 0 saturated carbocycles. The first-order valence-corrected chi connectivity index (χ1v) is 12.4. The van der Waals surface area contributed by atoms with E-state index in [1.54, 1.807) is 31.1 Å². The Morgan fingerprint density at radius 3 is 2.56 bits per heavy atom. The number of carbonyl (C=O) groups is 4. The van der Waals surface area contributed by atoms with Crippen LogP contribution in [-0.4, -0.2) is 70.3 Å². The SMILES string of the molecule is C=CCCOC(=O)NCc1cc(N(C)C)c2c(c1O)C(=O)C1=C(O)[C@]3(O)C(=O)C(C(N)=O)=C(O)C[C@@H]3C[C@@H]1C2. The third-order valence-corrected chi connectivity index (χ3v) is 7.58. The molecule has 0 bridgehead atoms. The predicted molar refractivity (Wildman–Crippen MR) is 138 cm³/mol. The highest BCUT2D eigenvalue weighted by atomic mass is 16.5. The number of fused-ring (bicyclic) bond motifs is 3. The number of phenols is 1. The lowest BCUT2D eigenvalue weighted by atomic mass is 9.60. The van der Waals surface area contributed by atoms with Crippen LogP contribution in [0.25, 0.3) is 0 Å². The van der Waals surface area contributed by atoms with Crippen LogP contribution in [0.1, 0.15) is 40.7 Å². The van der Waals surface area contributed by atoms with Crippen molar-refractivity contribution in [3.8, 4) is 5.75 Å². The van der Waals surface area contributed by atoms with Crippen molar-refractivity contribution in [3.63, 3.8) is 0 Å². The highest BCUT2D eigenvalue weighted by Crippen LogP contribution is 2.52. The van der Waals surface area contributed by atoms with Gasteiger partial charge in [0.05, 0.1) is 12.2 Å². The van der Waals surface area contributed by atoms with E-state index in [4.69, 9.17) is 10.5 Å². The third-order valence-electron chi connectivity index (χ3n) is 7.58. The van der Waals surface area contributed by atoms with E-state index in [1.807, 2.05) is 0 Å². The van der Waals surface area contributed by atoms with Crippen molar-refractivity contribution < 1.29 is 44.3 Å². The Morgan fingerprint density at radius 2 is 1.95 bits per heavy atom. The van der Waals surface area contributed by atoms with Crippen LogP contribution in [0, 0.1) is 11.8 Å². The molecule has 0 aromatic heterocycles. The third kappa shape index (κ3) is 4.40. The maximum Gasteiger partial charge on any atom is 0.407 e. The summed E-state index contributed by atoms with van der Waals surface area (Å²) < 4.78 is 5.01. The van der Waals surface area contributed by atoms with Gasteiger partial charge in [-0.05, 0) is 36.8 Å². The number of aliphatic hydroxyl groups is 3. The predicted octanol–water partition coefficient (Wildman–Crippen LogP) is 1.45. The number of Topliss-reactive ketones (excluding diaryl/α,β-unsaturated/α-hetero) is 2. The Balaban J connectivity index is 1.78. The molecule has 2 amide bonds. The van der Waals surface area contributed by atoms with Crippen molar-refractivity contribution >= 4 is 29.3 Å². The van der Waals surface area contributed by atoms with Crippen LogP contribution < -0.4 is 16.0 Å². The van der Waals surface area contributed by atoms with E-state index in [2.05, 4.69) is 11.9 Å². The van der Waals surface area contributed by atoms with Gasteiger partial charge in [-0.15, -0.1) is 6.58 Å². The first-order chi connectivity index (χ1) is 18.3. The average molecular weight is 542 g/mol. The van der Waals surface area contributed by atoms with Gasteiger partial charge in [0.25, 0.3) is 5.91 Å². The van der Waals surface area contributed by atoms with E-state index in [0.29, 0.717) is 17.7 Å². The highest BCUT2D eigenvalue weighted by Gasteiger charge is 2.59. The number of ketones is 2. The molecular weight excluding hydrogens is 510 g/mol. The lowest BCUT2D eigenvalue weighted by Crippen LogP contribution is -2.57. The van der Waals surface area contributed by atoms with Crippen molar-refractivity contribution in [2.24, 2.45) is 17.6 Å². The number of carbonyl (C=O) groups excluding carboxylic acids is 4. The van der Waals surface area contributed by atoms with Crippen LogP contribution in [-0.2, 0) is 27.3 Å². The molecule has 0 aliphatic heterocycles. The summed E-state index contributed by atoms with van der Waals surface area (Å²) >= 11 is 0. The molecule has 208 valence electrons. The number of nitrogens with one attached hydrogen (secondary N) is 1. The van der Waals surface area contributed by atoms with Crippen molar-refractivity contribution in [2.45, 2.75) is 37.8 Å². The van der Waals surface area contributed by atoms with Crippen LogP contribution in [0.4, 0.5) is 10.5 Å². The average Bonchev–Trinajstić information content (AvgIpc) is 2.85. The molecule has 0 fully saturated rings. The molecule has 3 aliphatic rings. The molecule has 7 N–H and O–H groups in total. The van der Waals surface area contributed by atoms with Crippen LogP contribution in [0.15, 0.2) is 41.4 Å². The molecule has 12 heteroatoms. The minimum absolute atomic E-state index is 0.0381. The van der Waals surface area contributed by atoms with Gasteiger partial charge >= 0.3 is 6.09 Å². The Morgan fingerprint density at radius 1 is 1.26 bits per heavy atom. The number of amides is 2. The normalized spacial score (nSPS) is 24.0. The van der Waals surface area contributed by atoms with Gasteiger partial charge < -0.3 is 41.1 Å². The van der Waals surface area contributed by atoms with E-state index in [-0.39, 0.29) is 49.1 Å². The molecule has 0 radical (unpaired) electrons. The van der Waals surface area contributed by atoms with Crippen molar-refractivity contribution in [1.82, 2.24) is 5.32 Å². The van der Waals surface area contributed by atoms with Gasteiger partial charge in [-0.2, -0.15) is 0 Å². The Kier molecular flexibility index (Phi) is 7.17. The molecular formula is C27H31N3O9. The van der Waals surface area contributed by atoms with Gasteiger partial charge in [-0.25, -0.2) is 4.79 Å². The van der Waals surface area contributed by atoms with Crippen LogP contribution in [0.3, 0.4) is 0 Å². The van der Waals surface area contributed by atoms with Gasteiger partial charge in [0.15, 0.2) is 11.4 Å². The lowest BCUT2D eigenvalue weighted by molar-refractivity contribution is -0.144. The van der Waals surface area contributed by atoms with E-state index in [1.165, 1.54) is 0 Å². The summed E-state index contributed by atoms with van der Waals surface area (Å²) in [5.41, 5.74) is 2.67. The molecule has 0 saturated heterocycles. The summed E-state index contributed by atoms with van der Waals surface area (Å²) in [5.74, 6) is -6.92. The van der Waals surface area contributed by atoms with E-state index in [9.17, 15) is 39.6 Å². The fourth-order valence-electron chi connectivity index (χ4n) is 5.71. The first kappa shape index (κ1) is 27.7. The van der Waals surface area contributed by atoms with Crippen LogP contribution in [0.5, 0.6) is 5.75 Å². The number of allylic oxidation sites excluding steroid dienone is 2. The van der Waals surface area contributed by atoms with Crippen molar-refractivity contribution in [3.05, 3.63) is 58.1 Å². The largest absolute Gasteiger partial charge is 0.511 e. The summed E-state index contributed by atoms with van der Waals surface area (Å²) in [6, 6.07) is 1.64. The van der Waals surface area contributed by atoms with Gasteiger partial charge in [-0.1, -0.05) is 6.08 Å². The molecule has 0 heterocycles. The number of anilines is 1. The Hall–Kier alpha value is -4.32. The first-order valence-electron chi connectivity index (χ1n) is 12.4. The summed E-state index contributed by atoms with van der Waals surface area (Å²) in [6.07, 6.45) is 1.23. The monoisotopic (exact) mass is 541 g/mol. The number of phenolic OH excluding ortho intramolecular Hbond substituents is 1. The second kappa shape index (κ2) is 10.1. The number of aliphatic hydroxyl groups excluding tert-OH is 2. The smallest absolute Gasteiger partial charge is 0.407 e. The van der Waals surface area contributed by atoms with Crippen molar-refractivity contribution in [1.29, 1.82) is 0 Å². The Bertz CT molecular complexity index is 1360. The number of primary amides is 1. The number of ether oxygens (including phenoxy) is 1. The maximum absolute atomic E-state index is 13.8. The summed E-state index contributed by atoms with van der Waals surface area (Å²) in [6.45, 7) is 3.49. The number of hydrogen-bond acceptors (Lipinski definition) is 10. The quantitative estimate of drug-likeness (QED) is 0.167. The number of nitrogens with two attached hydrogens (primary N) is 1. The zero-order valence-corrected chi connectivity index (χ0v) is 21.6. The van der Waals surface area contributed by atoms with Gasteiger partial charge in [-0.3, -0.25) is 14.4 Å². The summed E-state index contributed by atoms with van der Waals surface area (Å²) in [5, 5.41) is 46.5. The number of aromatic hydroxyl groups is 1. The molecule has 3 aliphatic carbocycles. The van der Waals surface area contributed by atoms with Crippen LogP contribution in [0.2, 0.25) is 0 Å². The zero-order valence-electron chi connectivity index (χ0n) is 21.6. The number of rotatable bonds is 7. The fraction of sp³-hybridized carbons (Fsp3) is 0.407. The maximum atomic E-state index is 13.8. The molecule has 0 spiro atoms. The number of hydrogen-bond donors (Lipinski definition) is 6. The minimum atomic E-state index is -2.63. The number of nitrogens with zero attached hydrogens (tertiary/aromatic N) is 1. The van der Waals surface area contributed by atoms with Gasteiger partial charge in [0, 0.05) is 49.8 Å². The second-order valence-electron chi connectivity index (χ2n) is 10.1. The zero-order chi connectivity index (χ0) is 28.8. The number of alkyl carbamates (subject to hydrolysis) is 1. The number of benzene rings is 1. The van der Waals surface area contributed by atoms with E-state index in [0.717, 1.165) is 0 Å². The fourth-order valence-corrected chi connectivity index (χ4v) is 5.71. The molecule has 3 atom stereocenters. The standard InChI is InChI=1S/C27H31N3O9/c1-4-5-6-39-26(37)29-11-13-9-16(30(2)3)15-8-12-7-14-10-17(31)20(25(28)36)24(35)27(14,38)23(34)18(12)22(33)19(15)21(13)32/h4,9,12,14,31-32,34,38H,1,5-8,10-11H2,2-3H3,(H2,28,36)(H,29,37)/t12-,14+,27+/m1/s1. The summed E-state index contributed by atoms with van der Waals surface area (Å²) in [7, 11) is 3.49. The second-order valence-corrected chi connectivity index (χ2v) is 10.1. The van der Waals surface area contributed by atoms with Gasteiger partial charge in [0.1, 0.15) is 22.8 Å². The molecule has 12 nitrogen and oxygen atoms in total. The topological polar surface area (TPSA) is 200 Å². The molecule has 4 rings (SSSR count). The molecule has 1 aromatic carbocycles. The minimum Gasteiger partial charge on any atom is -0.511 e. The molecule has 1 aromatic rings. The lowest BCUT2D eigenvalue weighted by Gasteiger charge is -2.46. The van der Waals surface area contributed by atoms with E-state index < -0.39 is 63.8 Å².